The maximum atomic E-state index is 12.0. The third-order valence-electron chi connectivity index (χ3n) is 3.01. The number of ether oxygens (including phenoxy) is 1. The molecule has 0 atom stereocenters. The summed E-state index contributed by atoms with van der Waals surface area (Å²) >= 11 is 11.7. The fraction of sp³-hybridized carbons (Fsp3) is 0.125. The molecule has 0 saturated heterocycles. The highest BCUT2D eigenvalue weighted by molar-refractivity contribution is 6.42. The molecular formula is C16H14Cl2N2O2. The van der Waals surface area contributed by atoms with Crippen molar-refractivity contribution < 1.29 is 9.53 Å². The normalized spacial score (nSPS) is 11.2. The molecule has 0 aliphatic carbocycles. The fourth-order valence-corrected chi connectivity index (χ4v) is 2.03. The Morgan fingerprint density at radius 1 is 1.05 bits per heavy atom. The molecule has 0 saturated carbocycles. The van der Waals surface area contributed by atoms with E-state index in [9.17, 15) is 4.79 Å². The molecule has 1 amide bonds. The first-order valence-electron chi connectivity index (χ1n) is 6.45. The number of rotatable bonds is 4. The van der Waals surface area contributed by atoms with Gasteiger partial charge in [-0.2, -0.15) is 5.10 Å². The molecule has 0 aromatic heterocycles. The molecule has 4 nitrogen and oxygen atoms in total. The summed E-state index contributed by atoms with van der Waals surface area (Å²) in [5, 5.41) is 4.80. The minimum absolute atomic E-state index is 0.324. The molecular weight excluding hydrogens is 323 g/mol. The molecule has 2 rings (SSSR count). The van der Waals surface area contributed by atoms with Crippen LogP contribution in [0.15, 0.2) is 47.6 Å². The Morgan fingerprint density at radius 3 is 2.27 bits per heavy atom. The van der Waals surface area contributed by atoms with Crippen LogP contribution in [0.3, 0.4) is 0 Å². The van der Waals surface area contributed by atoms with Crippen molar-refractivity contribution in [3.05, 3.63) is 63.6 Å². The summed E-state index contributed by atoms with van der Waals surface area (Å²) in [5.41, 5.74) is 4.44. The first-order valence-corrected chi connectivity index (χ1v) is 7.21. The summed E-state index contributed by atoms with van der Waals surface area (Å²) in [6.45, 7) is 1.80. The summed E-state index contributed by atoms with van der Waals surface area (Å²) in [6, 6.07) is 12.0. The smallest absolute Gasteiger partial charge is 0.271 e. The van der Waals surface area contributed by atoms with Crippen molar-refractivity contribution in [2.45, 2.75) is 6.92 Å². The van der Waals surface area contributed by atoms with E-state index in [1.165, 1.54) is 6.07 Å². The Balaban J connectivity index is 2.08. The lowest BCUT2D eigenvalue weighted by molar-refractivity contribution is 0.0955. The number of methoxy groups -OCH3 is 1. The van der Waals surface area contributed by atoms with Crippen molar-refractivity contribution in [3.8, 4) is 5.75 Å². The third kappa shape index (κ3) is 4.00. The molecule has 0 radical (unpaired) electrons. The summed E-state index contributed by atoms with van der Waals surface area (Å²) in [4.78, 5) is 12.0. The molecule has 2 aromatic carbocycles. The molecule has 2 aromatic rings. The molecule has 114 valence electrons. The summed E-state index contributed by atoms with van der Waals surface area (Å²) < 4.78 is 5.09. The van der Waals surface area contributed by atoms with E-state index in [-0.39, 0.29) is 5.91 Å². The van der Waals surface area contributed by atoms with Crippen molar-refractivity contribution >= 4 is 34.8 Å². The quantitative estimate of drug-likeness (QED) is 0.673. The van der Waals surface area contributed by atoms with E-state index in [0.717, 1.165) is 11.3 Å². The number of hydrogen-bond acceptors (Lipinski definition) is 3. The van der Waals surface area contributed by atoms with Gasteiger partial charge in [0.2, 0.25) is 0 Å². The minimum Gasteiger partial charge on any atom is -0.497 e. The van der Waals surface area contributed by atoms with Crippen LogP contribution < -0.4 is 10.2 Å². The zero-order valence-electron chi connectivity index (χ0n) is 12.1. The predicted octanol–water partition coefficient (Wildman–Crippen LogP) is 4.16. The van der Waals surface area contributed by atoms with Gasteiger partial charge in [0.1, 0.15) is 5.75 Å². The Hall–Kier alpha value is -2.04. The molecule has 0 fully saturated rings. The molecule has 1 N–H and O–H groups in total. The predicted molar refractivity (Wildman–Crippen MR) is 89.1 cm³/mol. The van der Waals surface area contributed by atoms with Gasteiger partial charge in [0, 0.05) is 5.56 Å². The van der Waals surface area contributed by atoms with Gasteiger partial charge >= 0.3 is 0 Å². The maximum absolute atomic E-state index is 12.0. The molecule has 0 bridgehead atoms. The molecule has 0 spiro atoms. The van der Waals surface area contributed by atoms with Crippen molar-refractivity contribution in [1.29, 1.82) is 0 Å². The van der Waals surface area contributed by atoms with Gasteiger partial charge in [0.15, 0.2) is 0 Å². The van der Waals surface area contributed by atoms with Crippen molar-refractivity contribution in [1.82, 2.24) is 5.43 Å². The van der Waals surface area contributed by atoms with Gasteiger partial charge in [-0.05, 0) is 55.0 Å². The topological polar surface area (TPSA) is 50.7 Å². The number of halogens is 2. The Labute approximate surface area is 138 Å². The van der Waals surface area contributed by atoms with E-state index >= 15 is 0 Å². The second-order valence-electron chi connectivity index (χ2n) is 4.50. The van der Waals surface area contributed by atoms with Crippen LogP contribution in [-0.2, 0) is 0 Å². The lowest BCUT2D eigenvalue weighted by Crippen LogP contribution is -2.19. The molecule has 22 heavy (non-hydrogen) atoms. The Bertz CT molecular complexity index is 713. The van der Waals surface area contributed by atoms with Gasteiger partial charge in [-0.25, -0.2) is 5.43 Å². The zero-order valence-corrected chi connectivity index (χ0v) is 13.6. The average Bonchev–Trinajstić information content (AvgIpc) is 2.54. The van der Waals surface area contributed by atoms with Crippen LogP contribution >= 0.6 is 23.2 Å². The van der Waals surface area contributed by atoms with Crippen LogP contribution in [0.5, 0.6) is 5.75 Å². The highest BCUT2D eigenvalue weighted by Gasteiger charge is 2.07. The third-order valence-corrected chi connectivity index (χ3v) is 3.75. The van der Waals surface area contributed by atoms with Crippen LogP contribution in [0, 0.1) is 0 Å². The van der Waals surface area contributed by atoms with Crippen LogP contribution in [0.1, 0.15) is 22.8 Å². The Morgan fingerprint density at radius 2 is 1.68 bits per heavy atom. The van der Waals surface area contributed by atoms with Gasteiger partial charge < -0.3 is 4.74 Å². The van der Waals surface area contributed by atoms with E-state index in [2.05, 4.69) is 10.5 Å². The number of carbonyl (C=O) groups is 1. The SMILES string of the molecule is COc1ccc(/C(C)=N/NC(=O)c2ccc(Cl)c(Cl)c2)cc1. The van der Waals surface area contributed by atoms with Gasteiger partial charge in [0.05, 0.1) is 22.9 Å². The molecule has 0 aliphatic heterocycles. The second kappa shape index (κ2) is 7.29. The van der Waals surface area contributed by atoms with E-state index in [1.807, 2.05) is 24.3 Å². The summed E-state index contributed by atoms with van der Waals surface area (Å²) in [7, 11) is 1.60. The van der Waals surface area contributed by atoms with Gasteiger partial charge in [-0.3, -0.25) is 4.79 Å². The summed E-state index contributed by atoms with van der Waals surface area (Å²) in [5.74, 6) is 0.405. The van der Waals surface area contributed by atoms with E-state index in [1.54, 1.807) is 26.2 Å². The van der Waals surface area contributed by atoms with Crippen LogP contribution in [0.2, 0.25) is 10.0 Å². The van der Waals surface area contributed by atoms with E-state index < -0.39 is 0 Å². The van der Waals surface area contributed by atoms with Gasteiger partial charge in [0.25, 0.3) is 5.91 Å². The van der Waals surface area contributed by atoms with E-state index in [0.29, 0.717) is 21.3 Å². The fourth-order valence-electron chi connectivity index (χ4n) is 1.73. The lowest BCUT2D eigenvalue weighted by Gasteiger charge is -2.05. The second-order valence-corrected chi connectivity index (χ2v) is 5.31. The van der Waals surface area contributed by atoms with Crippen molar-refractivity contribution in [3.63, 3.8) is 0 Å². The number of amides is 1. The number of nitrogens with zero attached hydrogens (tertiary/aromatic N) is 1. The zero-order chi connectivity index (χ0) is 16.1. The molecule has 0 aliphatic rings. The number of benzene rings is 2. The number of hydrogen-bond donors (Lipinski definition) is 1. The highest BCUT2D eigenvalue weighted by Crippen LogP contribution is 2.22. The first-order chi connectivity index (χ1) is 10.5. The molecule has 0 unspecified atom stereocenters. The average molecular weight is 337 g/mol. The minimum atomic E-state index is -0.355. The monoisotopic (exact) mass is 336 g/mol. The van der Waals surface area contributed by atoms with Crippen LogP contribution in [0.25, 0.3) is 0 Å². The first kappa shape index (κ1) is 16.3. The Kier molecular flexibility index (Phi) is 5.41. The number of hydrazone groups is 1. The maximum Gasteiger partial charge on any atom is 0.271 e. The number of nitrogens with one attached hydrogen (secondary N) is 1. The van der Waals surface area contributed by atoms with Crippen LogP contribution in [-0.4, -0.2) is 18.7 Å². The van der Waals surface area contributed by atoms with Gasteiger partial charge in [-0.15, -0.1) is 0 Å². The lowest BCUT2D eigenvalue weighted by atomic mass is 10.1. The number of carbonyl (C=O) groups excluding carboxylic acids is 1. The van der Waals surface area contributed by atoms with Crippen LogP contribution in [0.4, 0.5) is 0 Å². The molecule has 6 heteroatoms. The standard InChI is InChI=1S/C16H14Cl2N2O2/c1-10(11-3-6-13(22-2)7-4-11)19-20-16(21)12-5-8-14(17)15(18)9-12/h3-9H,1-2H3,(H,20,21)/b19-10+. The highest BCUT2D eigenvalue weighted by atomic mass is 35.5. The molecule has 0 heterocycles. The van der Waals surface area contributed by atoms with Crippen molar-refractivity contribution in [2.24, 2.45) is 5.10 Å². The largest absolute Gasteiger partial charge is 0.497 e. The summed E-state index contributed by atoms with van der Waals surface area (Å²) in [6.07, 6.45) is 0. The van der Waals surface area contributed by atoms with Gasteiger partial charge in [-0.1, -0.05) is 23.2 Å². The van der Waals surface area contributed by atoms with Crippen molar-refractivity contribution in [2.75, 3.05) is 7.11 Å². The van der Waals surface area contributed by atoms with E-state index in [4.69, 9.17) is 27.9 Å².